The van der Waals surface area contributed by atoms with E-state index < -0.39 is 17.6 Å². The van der Waals surface area contributed by atoms with E-state index in [0.717, 1.165) is 11.3 Å². The van der Waals surface area contributed by atoms with E-state index in [9.17, 15) is 18.0 Å². The number of carboxylic acid groups (broad SMARTS) is 1. The first-order valence-electron chi connectivity index (χ1n) is 5.68. The molecule has 2 nitrogen and oxygen atoms in total. The third kappa shape index (κ3) is 1.74. The van der Waals surface area contributed by atoms with Gasteiger partial charge in [-0.15, -0.1) is 11.3 Å². The minimum Gasteiger partial charge on any atom is -0.477 e. The first-order valence-corrected chi connectivity index (χ1v) is 6.50. The highest BCUT2D eigenvalue weighted by atomic mass is 32.1. The van der Waals surface area contributed by atoms with Crippen LogP contribution in [0.3, 0.4) is 0 Å². The largest absolute Gasteiger partial charge is 0.477 e. The van der Waals surface area contributed by atoms with Gasteiger partial charge in [0, 0.05) is 4.70 Å². The number of halogens is 3. The minimum absolute atomic E-state index is 0.0698. The summed E-state index contributed by atoms with van der Waals surface area (Å²) < 4.78 is 39.9. The van der Waals surface area contributed by atoms with Crippen molar-refractivity contribution in [2.75, 3.05) is 0 Å². The van der Waals surface area contributed by atoms with E-state index >= 15 is 0 Å². The van der Waals surface area contributed by atoms with Gasteiger partial charge >= 0.3 is 12.1 Å². The number of rotatable bonds is 2. The number of fused-ring (bicyclic) bond motifs is 1. The molecule has 3 rings (SSSR count). The predicted molar refractivity (Wildman–Crippen MR) is 65.8 cm³/mol. The van der Waals surface area contributed by atoms with Gasteiger partial charge in [-0.3, -0.25) is 0 Å². The quantitative estimate of drug-likeness (QED) is 0.898. The van der Waals surface area contributed by atoms with Crippen molar-refractivity contribution in [1.29, 1.82) is 0 Å². The van der Waals surface area contributed by atoms with E-state index in [4.69, 9.17) is 5.11 Å². The molecular formula is C13H9F3O2S. The second-order valence-electron chi connectivity index (χ2n) is 4.72. The molecule has 0 saturated heterocycles. The monoisotopic (exact) mass is 286 g/mol. The SMILES string of the molecule is O=C(O)c1cc2cccc(C3(C(F)(F)F)CC3)c2s1. The number of hydrogen-bond acceptors (Lipinski definition) is 2. The van der Waals surface area contributed by atoms with Gasteiger partial charge in [0.15, 0.2) is 0 Å². The van der Waals surface area contributed by atoms with Crippen molar-refractivity contribution in [3.8, 4) is 0 Å². The molecule has 0 aliphatic heterocycles. The molecule has 0 radical (unpaired) electrons. The third-order valence-electron chi connectivity index (χ3n) is 3.56. The van der Waals surface area contributed by atoms with Gasteiger partial charge in [-0.2, -0.15) is 13.2 Å². The molecule has 0 bridgehead atoms. The lowest BCUT2D eigenvalue weighted by Gasteiger charge is -2.20. The highest BCUT2D eigenvalue weighted by Crippen LogP contribution is 2.60. The zero-order valence-electron chi connectivity index (χ0n) is 9.62. The summed E-state index contributed by atoms with van der Waals surface area (Å²) in [7, 11) is 0. The smallest absolute Gasteiger partial charge is 0.398 e. The Bertz CT molecular complexity index is 668. The molecule has 1 N–H and O–H groups in total. The van der Waals surface area contributed by atoms with Crippen molar-refractivity contribution in [3.63, 3.8) is 0 Å². The van der Waals surface area contributed by atoms with Crippen LogP contribution in [0, 0.1) is 0 Å². The number of alkyl halides is 3. The van der Waals surface area contributed by atoms with Crippen LogP contribution in [0.2, 0.25) is 0 Å². The normalized spacial score (nSPS) is 17.6. The predicted octanol–water partition coefficient (Wildman–Crippen LogP) is 4.19. The maximum Gasteiger partial charge on any atom is 0.398 e. The first-order chi connectivity index (χ1) is 8.85. The third-order valence-corrected chi connectivity index (χ3v) is 4.74. The average Bonchev–Trinajstić information content (AvgIpc) is 3.01. The molecule has 1 aromatic carbocycles. The van der Waals surface area contributed by atoms with Gasteiger partial charge in [0.1, 0.15) is 4.88 Å². The molecule has 19 heavy (non-hydrogen) atoms. The average molecular weight is 286 g/mol. The fraction of sp³-hybridized carbons (Fsp3) is 0.308. The Morgan fingerprint density at radius 1 is 1.32 bits per heavy atom. The van der Waals surface area contributed by atoms with Crippen molar-refractivity contribution in [2.24, 2.45) is 0 Å². The fourth-order valence-electron chi connectivity index (χ4n) is 2.38. The van der Waals surface area contributed by atoms with Crippen LogP contribution in [0.25, 0.3) is 10.1 Å². The maximum atomic E-state index is 13.2. The van der Waals surface area contributed by atoms with E-state index in [1.54, 1.807) is 12.1 Å². The summed E-state index contributed by atoms with van der Waals surface area (Å²) >= 11 is 0.915. The van der Waals surface area contributed by atoms with E-state index in [1.807, 2.05) is 0 Å². The van der Waals surface area contributed by atoms with Crippen LogP contribution in [0.5, 0.6) is 0 Å². The zero-order valence-corrected chi connectivity index (χ0v) is 10.4. The molecule has 0 amide bonds. The van der Waals surface area contributed by atoms with Crippen LogP contribution >= 0.6 is 11.3 Å². The first kappa shape index (κ1) is 12.5. The lowest BCUT2D eigenvalue weighted by atomic mass is 9.94. The molecule has 0 spiro atoms. The van der Waals surface area contributed by atoms with Gasteiger partial charge in [0.2, 0.25) is 0 Å². The molecule has 6 heteroatoms. The van der Waals surface area contributed by atoms with Crippen LogP contribution in [0.4, 0.5) is 13.2 Å². The molecular weight excluding hydrogens is 277 g/mol. The molecule has 2 aromatic rings. The van der Waals surface area contributed by atoms with Gasteiger partial charge in [0.05, 0.1) is 5.41 Å². The van der Waals surface area contributed by atoms with E-state index in [-0.39, 0.29) is 23.3 Å². The molecule has 100 valence electrons. The van der Waals surface area contributed by atoms with Crippen molar-refractivity contribution in [3.05, 3.63) is 34.7 Å². The van der Waals surface area contributed by atoms with E-state index in [2.05, 4.69) is 0 Å². The molecule has 1 aliphatic rings. The summed E-state index contributed by atoms with van der Waals surface area (Å²) in [5, 5.41) is 9.51. The molecule has 1 aromatic heterocycles. The molecule has 1 fully saturated rings. The highest BCUT2D eigenvalue weighted by Gasteiger charge is 2.64. The number of aromatic carboxylic acids is 1. The summed E-state index contributed by atoms with van der Waals surface area (Å²) in [6, 6.07) is 6.10. The summed E-state index contributed by atoms with van der Waals surface area (Å²) in [4.78, 5) is 11.0. The number of carboxylic acids is 1. The van der Waals surface area contributed by atoms with Crippen LogP contribution in [-0.4, -0.2) is 17.3 Å². The molecule has 1 saturated carbocycles. The van der Waals surface area contributed by atoms with Crippen molar-refractivity contribution in [2.45, 2.75) is 24.4 Å². The Morgan fingerprint density at radius 3 is 2.53 bits per heavy atom. The highest BCUT2D eigenvalue weighted by molar-refractivity contribution is 7.21. The summed E-state index contributed by atoms with van der Waals surface area (Å²) in [6.07, 6.45) is -4.12. The van der Waals surface area contributed by atoms with Gasteiger partial charge in [0.25, 0.3) is 0 Å². The number of carbonyl (C=O) groups is 1. The van der Waals surface area contributed by atoms with Gasteiger partial charge in [-0.25, -0.2) is 4.79 Å². The molecule has 0 unspecified atom stereocenters. The number of benzene rings is 1. The van der Waals surface area contributed by atoms with Crippen LogP contribution < -0.4 is 0 Å². The number of hydrogen-bond donors (Lipinski definition) is 1. The molecule has 1 aliphatic carbocycles. The van der Waals surface area contributed by atoms with Crippen LogP contribution in [-0.2, 0) is 5.41 Å². The Morgan fingerprint density at radius 2 is 2.00 bits per heavy atom. The van der Waals surface area contributed by atoms with E-state index in [1.165, 1.54) is 12.1 Å². The number of thiophene rings is 1. The molecule has 1 heterocycles. The second-order valence-corrected chi connectivity index (χ2v) is 5.77. The lowest BCUT2D eigenvalue weighted by molar-refractivity contribution is -0.160. The summed E-state index contributed by atoms with van der Waals surface area (Å²) in [6.45, 7) is 0. The summed E-state index contributed by atoms with van der Waals surface area (Å²) in [5.41, 5.74) is -1.55. The summed E-state index contributed by atoms with van der Waals surface area (Å²) in [5.74, 6) is -1.11. The van der Waals surface area contributed by atoms with Crippen molar-refractivity contribution < 1.29 is 23.1 Å². The second kappa shape index (κ2) is 3.72. The Balaban J connectivity index is 2.23. The standard InChI is InChI=1S/C13H9F3O2S/c14-13(15,16)12(4-5-12)8-3-1-2-7-6-9(11(17)18)19-10(7)8/h1-3,6H,4-5H2,(H,17,18). The molecule has 0 atom stereocenters. The Labute approximate surface area is 110 Å². The topological polar surface area (TPSA) is 37.3 Å². The fourth-order valence-corrected chi connectivity index (χ4v) is 3.49. The zero-order chi connectivity index (χ0) is 13.8. The maximum absolute atomic E-state index is 13.2. The van der Waals surface area contributed by atoms with E-state index in [0.29, 0.717) is 10.1 Å². The van der Waals surface area contributed by atoms with Gasteiger partial charge in [-0.1, -0.05) is 18.2 Å². The van der Waals surface area contributed by atoms with Crippen molar-refractivity contribution in [1.82, 2.24) is 0 Å². The van der Waals surface area contributed by atoms with Gasteiger partial charge in [-0.05, 0) is 29.9 Å². The van der Waals surface area contributed by atoms with Crippen LogP contribution in [0.1, 0.15) is 28.1 Å². The van der Waals surface area contributed by atoms with Crippen molar-refractivity contribution >= 4 is 27.4 Å². The lowest BCUT2D eigenvalue weighted by Crippen LogP contribution is -2.28. The Hall–Kier alpha value is -1.56. The minimum atomic E-state index is -4.28. The van der Waals surface area contributed by atoms with Gasteiger partial charge < -0.3 is 5.11 Å². The Kier molecular flexibility index (Phi) is 2.44. The van der Waals surface area contributed by atoms with Crippen LogP contribution in [0.15, 0.2) is 24.3 Å².